The molecular weight excluding hydrogens is 228 g/mol. The van der Waals surface area contributed by atoms with Gasteiger partial charge in [-0.15, -0.1) is 0 Å². The van der Waals surface area contributed by atoms with Gasteiger partial charge in [0.15, 0.2) is 0 Å². The molecule has 3 nitrogen and oxygen atoms in total. The Kier molecular flexibility index (Phi) is 3.79. The molecule has 2 saturated carbocycles. The first-order valence-corrected chi connectivity index (χ1v) is 7.11. The summed E-state index contributed by atoms with van der Waals surface area (Å²) >= 11 is 0. The van der Waals surface area contributed by atoms with Crippen LogP contribution in [0, 0.1) is 23.2 Å². The summed E-state index contributed by atoms with van der Waals surface area (Å²) < 4.78 is 4.90. The van der Waals surface area contributed by atoms with E-state index in [4.69, 9.17) is 4.74 Å². The predicted molar refractivity (Wildman–Crippen MR) is 69.0 cm³/mol. The van der Waals surface area contributed by atoms with Crippen molar-refractivity contribution in [2.24, 2.45) is 23.2 Å². The van der Waals surface area contributed by atoms with Crippen LogP contribution < -0.4 is 0 Å². The second-order valence-corrected chi connectivity index (χ2v) is 6.28. The van der Waals surface area contributed by atoms with Gasteiger partial charge in [-0.3, -0.25) is 9.59 Å². The second kappa shape index (κ2) is 5.02. The minimum absolute atomic E-state index is 0.193. The van der Waals surface area contributed by atoms with Gasteiger partial charge in [0.05, 0.1) is 13.0 Å². The number of esters is 1. The average molecular weight is 252 g/mol. The van der Waals surface area contributed by atoms with Gasteiger partial charge in [0.1, 0.15) is 5.78 Å². The van der Waals surface area contributed by atoms with E-state index in [1.54, 1.807) is 0 Å². The number of Topliss-reactive ketones (excluding diaryl/α,β-unsaturated/α-hetero) is 1. The zero-order valence-electron chi connectivity index (χ0n) is 11.7. The van der Waals surface area contributed by atoms with E-state index in [1.165, 1.54) is 20.0 Å². The van der Waals surface area contributed by atoms with E-state index >= 15 is 0 Å². The van der Waals surface area contributed by atoms with Crippen LogP contribution in [0.25, 0.3) is 0 Å². The van der Waals surface area contributed by atoms with Crippen LogP contribution in [-0.4, -0.2) is 18.9 Å². The summed E-state index contributed by atoms with van der Waals surface area (Å²) in [5.41, 5.74) is -0.465. The van der Waals surface area contributed by atoms with Crippen LogP contribution in [0.3, 0.4) is 0 Å². The molecule has 0 N–H and O–H groups in total. The van der Waals surface area contributed by atoms with Crippen molar-refractivity contribution in [2.75, 3.05) is 7.11 Å². The van der Waals surface area contributed by atoms with Crippen molar-refractivity contribution in [3.05, 3.63) is 0 Å². The van der Waals surface area contributed by atoms with Crippen molar-refractivity contribution < 1.29 is 14.3 Å². The van der Waals surface area contributed by atoms with Crippen molar-refractivity contribution >= 4 is 11.8 Å². The summed E-state index contributed by atoms with van der Waals surface area (Å²) in [4.78, 5) is 24.2. The van der Waals surface area contributed by atoms with Gasteiger partial charge in [0.2, 0.25) is 0 Å². The molecule has 102 valence electrons. The third kappa shape index (κ3) is 2.08. The Morgan fingerprint density at radius 2 is 1.83 bits per heavy atom. The second-order valence-electron chi connectivity index (χ2n) is 6.28. The van der Waals surface area contributed by atoms with Crippen LogP contribution in [0.15, 0.2) is 0 Å². The zero-order valence-corrected chi connectivity index (χ0v) is 11.7. The van der Waals surface area contributed by atoms with E-state index in [1.807, 2.05) is 6.92 Å². The standard InChI is InChI=1S/C15H24O3/c1-10-4-6-11(7-5-10)15(2)12(14(17)18-3)8-9-13(15)16/h10-12H,4-9H2,1-3H3/t10?,11?,12-,15-/m1/s1. The molecule has 0 aliphatic heterocycles. The number of carbonyl (C=O) groups excluding carboxylic acids is 2. The summed E-state index contributed by atoms with van der Waals surface area (Å²) in [5.74, 6) is 0.999. The topological polar surface area (TPSA) is 43.4 Å². The monoisotopic (exact) mass is 252 g/mol. The molecule has 0 bridgehead atoms. The third-order valence-corrected chi connectivity index (χ3v) is 5.33. The van der Waals surface area contributed by atoms with E-state index in [-0.39, 0.29) is 17.7 Å². The Balaban J connectivity index is 2.19. The highest BCUT2D eigenvalue weighted by Gasteiger charge is 2.54. The highest BCUT2D eigenvalue weighted by molar-refractivity contribution is 5.93. The van der Waals surface area contributed by atoms with Crippen molar-refractivity contribution in [2.45, 2.75) is 52.4 Å². The van der Waals surface area contributed by atoms with Gasteiger partial charge in [-0.1, -0.05) is 26.7 Å². The summed E-state index contributed by atoms with van der Waals surface area (Å²) in [6.45, 7) is 4.28. The van der Waals surface area contributed by atoms with Gasteiger partial charge in [0, 0.05) is 11.8 Å². The third-order valence-electron chi connectivity index (χ3n) is 5.33. The summed E-state index contributed by atoms with van der Waals surface area (Å²) in [6.07, 6.45) is 5.74. The summed E-state index contributed by atoms with van der Waals surface area (Å²) in [7, 11) is 1.43. The van der Waals surface area contributed by atoms with Crippen LogP contribution in [0.5, 0.6) is 0 Å². The lowest BCUT2D eigenvalue weighted by Gasteiger charge is -2.40. The van der Waals surface area contributed by atoms with Crippen molar-refractivity contribution in [3.63, 3.8) is 0 Å². The molecule has 2 aliphatic carbocycles. The van der Waals surface area contributed by atoms with E-state index in [9.17, 15) is 9.59 Å². The quantitative estimate of drug-likeness (QED) is 0.710. The fourth-order valence-electron chi connectivity index (χ4n) is 3.92. The smallest absolute Gasteiger partial charge is 0.309 e. The Morgan fingerprint density at radius 1 is 1.22 bits per heavy atom. The first-order valence-electron chi connectivity index (χ1n) is 7.11. The number of ether oxygens (including phenoxy) is 1. The zero-order chi connectivity index (χ0) is 13.3. The maximum atomic E-state index is 12.3. The molecule has 3 heteroatoms. The molecule has 0 radical (unpaired) electrons. The largest absolute Gasteiger partial charge is 0.469 e. The molecule has 0 aromatic heterocycles. The minimum Gasteiger partial charge on any atom is -0.469 e. The molecule has 0 unspecified atom stereocenters. The number of rotatable bonds is 2. The van der Waals surface area contributed by atoms with Crippen molar-refractivity contribution in [1.82, 2.24) is 0 Å². The van der Waals surface area contributed by atoms with Crippen molar-refractivity contribution in [3.8, 4) is 0 Å². The molecule has 0 aromatic carbocycles. The Labute approximate surface area is 109 Å². The van der Waals surface area contributed by atoms with Crippen LogP contribution >= 0.6 is 0 Å². The molecule has 0 saturated heterocycles. The number of methoxy groups -OCH3 is 1. The number of carbonyl (C=O) groups is 2. The van der Waals surface area contributed by atoms with Crippen LogP contribution in [0.1, 0.15) is 52.4 Å². The normalized spacial score (nSPS) is 40.8. The Hall–Kier alpha value is -0.860. The fraction of sp³-hybridized carbons (Fsp3) is 0.867. The molecule has 2 rings (SSSR count). The maximum Gasteiger partial charge on any atom is 0.309 e. The average Bonchev–Trinajstić information content (AvgIpc) is 2.67. The molecule has 2 atom stereocenters. The van der Waals surface area contributed by atoms with Crippen LogP contribution in [0.2, 0.25) is 0 Å². The lowest BCUT2D eigenvalue weighted by molar-refractivity contribution is -0.154. The first kappa shape index (κ1) is 13.6. The van der Waals surface area contributed by atoms with Gasteiger partial charge in [0.25, 0.3) is 0 Å². The molecule has 0 aromatic rings. The SMILES string of the molecule is COC(=O)[C@H]1CCC(=O)[C@]1(C)C1CCC(C)CC1. The van der Waals surface area contributed by atoms with Gasteiger partial charge in [-0.25, -0.2) is 0 Å². The fourth-order valence-corrected chi connectivity index (χ4v) is 3.92. The van der Waals surface area contributed by atoms with Crippen LogP contribution in [0.4, 0.5) is 0 Å². The number of hydrogen-bond donors (Lipinski definition) is 0. The number of hydrogen-bond acceptors (Lipinski definition) is 3. The molecule has 2 aliphatic rings. The maximum absolute atomic E-state index is 12.3. The highest BCUT2D eigenvalue weighted by atomic mass is 16.5. The van der Waals surface area contributed by atoms with Crippen molar-refractivity contribution in [1.29, 1.82) is 0 Å². The molecule has 18 heavy (non-hydrogen) atoms. The molecule has 0 heterocycles. The van der Waals surface area contributed by atoms with E-state index in [2.05, 4.69) is 6.92 Å². The summed E-state index contributed by atoms with van der Waals surface area (Å²) in [5, 5.41) is 0. The molecule has 0 spiro atoms. The van der Waals surface area contributed by atoms with E-state index in [0.29, 0.717) is 18.8 Å². The predicted octanol–water partition coefficient (Wildman–Crippen LogP) is 2.97. The highest BCUT2D eigenvalue weighted by Crippen LogP contribution is 2.51. The molecule has 0 amide bonds. The first-order chi connectivity index (χ1) is 8.50. The molecular formula is C15H24O3. The van der Waals surface area contributed by atoms with E-state index in [0.717, 1.165) is 18.8 Å². The Bertz CT molecular complexity index is 342. The van der Waals surface area contributed by atoms with Gasteiger partial charge in [-0.05, 0) is 31.1 Å². The van der Waals surface area contributed by atoms with Gasteiger partial charge in [-0.2, -0.15) is 0 Å². The van der Waals surface area contributed by atoms with Gasteiger partial charge >= 0.3 is 5.97 Å². The lowest BCUT2D eigenvalue weighted by Crippen LogP contribution is -2.42. The van der Waals surface area contributed by atoms with Crippen LogP contribution in [-0.2, 0) is 14.3 Å². The summed E-state index contributed by atoms with van der Waals surface area (Å²) in [6, 6.07) is 0. The minimum atomic E-state index is -0.465. The van der Waals surface area contributed by atoms with E-state index < -0.39 is 5.41 Å². The molecule has 2 fully saturated rings. The Morgan fingerprint density at radius 3 is 2.39 bits per heavy atom. The number of ketones is 1. The van der Waals surface area contributed by atoms with Gasteiger partial charge < -0.3 is 4.74 Å². The lowest BCUT2D eigenvalue weighted by atomic mass is 9.63.